The maximum Gasteiger partial charge on any atom is 0.167 e. The van der Waals surface area contributed by atoms with Crippen LogP contribution in [0.4, 0.5) is 0 Å². The second-order valence-electron chi connectivity index (χ2n) is 5.05. The van der Waals surface area contributed by atoms with Crippen LogP contribution in [0, 0.1) is 0 Å². The van der Waals surface area contributed by atoms with E-state index < -0.39 is 0 Å². The van der Waals surface area contributed by atoms with E-state index in [0.29, 0.717) is 11.0 Å². The van der Waals surface area contributed by atoms with E-state index >= 15 is 0 Å². The first-order valence-electron chi connectivity index (χ1n) is 6.17. The van der Waals surface area contributed by atoms with E-state index in [0.717, 1.165) is 25.3 Å². The summed E-state index contributed by atoms with van der Waals surface area (Å²) in [6.45, 7) is 0.833. The molecule has 3 rings (SSSR count). The summed E-state index contributed by atoms with van der Waals surface area (Å²) in [5.41, 5.74) is 5.84. The SMILES string of the molecule is NC(=S)c1nccn1C1CCOC2(CCC2)C1. The Morgan fingerprint density at radius 3 is 3.06 bits per heavy atom. The van der Waals surface area contributed by atoms with E-state index in [-0.39, 0.29) is 5.60 Å². The highest BCUT2D eigenvalue weighted by molar-refractivity contribution is 7.80. The van der Waals surface area contributed by atoms with Crippen molar-refractivity contribution in [3.8, 4) is 0 Å². The molecule has 1 aliphatic heterocycles. The van der Waals surface area contributed by atoms with Crippen molar-refractivity contribution in [2.24, 2.45) is 5.73 Å². The van der Waals surface area contributed by atoms with Crippen LogP contribution in [0.25, 0.3) is 0 Å². The van der Waals surface area contributed by atoms with Gasteiger partial charge in [0.05, 0.1) is 5.60 Å². The van der Waals surface area contributed by atoms with Gasteiger partial charge in [-0.1, -0.05) is 12.2 Å². The predicted octanol–water partition coefficient (Wildman–Crippen LogP) is 1.79. The zero-order valence-corrected chi connectivity index (χ0v) is 10.6. The molecular weight excluding hydrogens is 234 g/mol. The van der Waals surface area contributed by atoms with Gasteiger partial charge in [-0.15, -0.1) is 0 Å². The first kappa shape index (κ1) is 11.2. The molecule has 0 radical (unpaired) electrons. The molecule has 1 aromatic rings. The Morgan fingerprint density at radius 2 is 2.41 bits per heavy atom. The van der Waals surface area contributed by atoms with Crippen molar-refractivity contribution in [3.05, 3.63) is 18.2 Å². The number of nitrogens with two attached hydrogens (primary N) is 1. The van der Waals surface area contributed by atoms with Gasteiger partial charge in [0.2, 0.25) is 0 Å². The van der Waals surface area contributed by atoms with Crippen molar-refractivity contribution < 1.29 is 4.74 Å². The molecule has 2 fully saturated rings. The van der Waals surface area contributed by atoms with E-state index in [9.17, 15) is 0 Å². The minimum Gasteiger partial charge on any atom is -0.387 e. The van der Waals surface area contributed by atoms with Crippen LogP contribution in [0.3, 0.4) is 0 Å². The molecule has 1 aromatic heterocycles. The van der Waals surface area contributed by atoms with Gasteiger partial charge in [0, 0.05) is 25.0 Å². The predicted molar refractivity (Wildman–Crippen MR) is 68.9 cm³/mol. The molecule has 0 aromatic carbocycles. The molecule has 1 unspecified atom stereocenters. The molecule has 2 N–H and O–H groups in total. The van der Waals surface area contributed by atoms with E-state index in [2.05, 4.69) is 9.55 Å². The lowest BCUT2D eigenvalue weighted by Crippen LogP contribution is -2.46. The number of ether oxygens (including phenoxy) is 1. The van der Waals surface area contributed by atoms with E-state index in [4.69, 9.17) is 22.7 Å². The van der Waals surface area contributed by atoms with Crippen molar-refractivity contribution in [1.82, 2.24) is 9.55 Å². The smallest absolute Gasteiger partial charge is 0.167 e. The standard InChI is InChI=1S/C12H17N3OS/c13-10(17)11-14-5-6-15(11)9-2-7-16-12(8-9)3-1-4-12/h5-6,9H,1-4,7-8H2,(H2,13,17). The average molecular weight is 251 g/mol. The highest BCUT2D eigenvalue weighted by Crippen LogP contribution is 2.45. The van der Waals surface area contributed by atoms with Gasteiger partial charge in [-0.25, -0.2) is 4.98 Å². The normalized spacial score (nSPS) is 26.7. The van der Waals surface area contributed by atoms with Crippen molar-refractivity contribution in [2.45, 2.75) is 43.7 Å². The van der Waals surface area contributed by atoms with Gasteiger partial charge >= 0.3 is 0 Å². The molecule has 92 valence electrons. The van der Waals surface area contributed by atoms with Gasteiger partial charge in [-0.05, 0) is 32.1 Å². The third kappa shape index (κ3) is 1.87. The zero-order valence-electron chi connectivity index (χ0n) is 9.76. The largest absolute Gasteiger partial charge is 0.387 e. The summed E-state index contributed by atoms with van der Waals surface area (Å²) < 4.78 is 8.06. The Kier molecular flexibility index (Phi) is 2.67. The minimum absolute atomic E-state index is 0.140. The Balaban J connectivity index is 1.83. The number of thiocarbonyl (C=S) groups is 1. The Bertz CT molecular complexity index is 439. The molecule has 17 heavy (non-hydrogen) atoms. The fourth-order valence-corrected chi connectivity index (χ4v) is 3.12. The molecule has 2 heterocycles. The summed E-state index contributed by atoms with van der Waals surface area (Å²) >= 11 is 5.04. The molecule has 1 atom stereocenters. The van der Waals surface area contributed by atoms with Crippen LogP contribution >= 0.6 is 12.2 Å². The topological polar surface area (TPSA) is 53.1 Å². The Hall–Kier alpha value is -0.940. The fraction of sp³-hybridized carbons (Fsp3) is 0.667. The molecular formula is C12H17N3OS. The second kappa shape index (κ2) is 4.07. The van der Waals surface area contributed by atoms with Crippen molar-refractivity contribution >= 4 is 17.2 Å². The first-order valence-corrected chi connectivity index (χ1v) is 6.58. The number of nitrogens with zero attached hydrogens (tertiary/aromatic N) is 2. The fourth-order valence-electron chi connectivity index (χ4n) is 2.96. The molecule has 1 aliphatic carbocycles. The van der Waals surface area contributed by atoms with Crippen LogP contribution < -0.4 is 5.73 Å². The second-order valence-corrected chi connectivity index (χ2v) is 5.49. The van der Waals surface area contributed by atoms with Crippen molar-refractivity contribution in [2.75, 3.05) is 6.61 Å². The number of hydrogen-bond donors (Lipinski definition) is 1. The molecule has 5 heteroatoms. The summed E-state index contributed by atoms with van der Waals surface area (Å²) in [5.74, 6) is 0.737. The maximum absolute atomic E-state index is 5.93. The lowest BCUT2D eigenvalue weighted by atomic mass is 9.74. The van der Waals surface area contributed by atoms with E-state index in [1.807, 2.05) is 6.20 Å². The van der Waals surface area contributed by atoms with Gasteiger partial charge in [0.1, 0.15) is 4.99 Å². The van der Waals surface area contributed by atoms with Gasteiger partial charge in [0.15, 0.2) is 5.82 Å². The van der Waals surface area contributed by atoms with Crippen molar-refractivity contribution in [1.29, 1.82) is 0 Å². The van der Waals surface area contributed by atoms with Crippen LogP contribution in [-0.4, -0.2) is 26.7 Å². The summed E-state index contributed by atoms with van der Waals surface area (Å²) in [6.07, 6.45) is 9.53. The highest BCUT2D eigenvalue weighted by atomic mass is 32.1. The summed E-state index contributed by atoms with van der Waals surface area (Å²) in [6, 6.07) is 0.433. The van der Waals surface area contributed by atoms with Gasteiger partial charge in [0.25, 0.3) is 0 Å². The van der Waals surface area contributed by atoms with Crippen LogP contribution in [-0.2, 0) is 4.74 Å². The first-order chi connectivity index (χ1) is 8.20. The maximum atomic E-state index is 5.93. The summed E-state index contributed by atoms with van der Waals surface area (Å²) in [7, 11) is 0. The molecule has 1 saturated heterocycles. The van der Waals surface area contributed by atoms with Crippen LogP contribution in [0.5, 0.6) is 0 Å². The number of imidazole rings is 1. The van der Waals surface area contributed by atoms with Crippen LogP contribution in [0.2, 0.25) is 0 Å². The Morgan fingerprint density at radius 1 is 1.59 bits per heavy atom. The number of hydrogen-bond acceptors (Lipinski definition) is 3. The molecule has 4 nitrogen and oxygen atoms in total. The van der Waals surface area contributed by atoms with Gasteiger partial charge in [-0.2, -0.15) is 0 Å². The molecule has 1 saturated carbocycles. The Labute approximate surface area is 106 Å². The summed E-state index contributed by atoms with van der Waals surface area (Å²) in [4.78, 5) is 4.62. The molecule has 1 spiro atoms. The minimum atomic E-state index is 0.140. The highest BCUT2D eigenvalue weighted by Gasteiger charge is 2.43. The third-order valence-corrected chi connectivity index (χ3v) is 4.20. The number of rotatable bonds is 2. The monoisotopic (exact) mass is 251 g/mol. The summed E-state index contributed by atoms with van der Waals surface area (Å²) in [5, 5.41) is 0. The van der Waals surface area contributed by atoms with Crippen molar-refractivity contribution in [3.63, 3.8) is 0 Å². The number of aromatic nitrogens is 2. The molecule has 0 bridgehead atoms. The third-order valence-electron chi connectivity index (χ3n) is 4.01. The average Bonchev–Trinajstić information content (AvgIpc) is 2.76. The van der Waals surface area contributed by atoms with Crippen LogP contribution in [0.15, 0.2) is 12.4 Å². The quantitative estimate of drug-likeness (QED) is 0.814. The lowest BCUT2D eigenvalue weighted by Gasteiger charge is -2.47. The van der Waals surface area contributed by atoms with Gasteiger partial charge < -0.3 is 15.0 Å². The zero-order chi connectivity index (χ0) is 11.9. The van der Waals surface area contributed by atoms with Gasteiger partial charge in [-0.3, -0.25) is 0 Å². The van der Waals surface area contributed by atoms with E-state index in [1.54, 1.807) is 6.20 Å². The molecule has 2 aliphatic rings. The van der Waals surface area contributed by atoms with Crippen LogP contribution in [0.1, 0.15) is 44.0 Å². The lowest BCUT2D eigenvalue weighted by molar-refractivity contribution is -0.140. The molecule has 0 amide bonds. The van der Waals surface area contributed by atoms with E-state index in [1.165, 1.54) is 19.3 Å².